The van der Waals surface area contributed by atoms with Crippen molar-refractivity contribution in [1.29, 1.82) is 0 Å². The molecular formula is C12H28Cl2N4O6S. The van der Waals surface area contributed by atoms with Gasteiger partial charge in [-0.1, -0.05) is 11.3 Å². The third-order valence-electron chi connectivity index (χ3n) is 2.85. The molecule has 0 bridgehead atoms. The lowest BCUT2D eigenvalue weighted by Crippen LogP contribution is -3.00. The Kier molecular flexibility index (Phi) is 27.6. The summed E-state index contributed by atoms with van der Waals surface area (Å²) in [7, 11) is 0. The van der Waals surface area contributed by atoms with Gasteiger partial charge in [0.05, 0.1) is 10.4 Å². The minimum atomic E-state index is 0. The summed E-state index contributed by atoms with van der Waals surface area (Å²) < 4.78 is 2.11. The molecule has 0 radical (unpaired) electrons. The van der Waals surface area contributed by atoms with Gasteiger partial charge in [-0.2, -0.15) is 4.57 Å². The second-order valence-corrected chi connectivity index (χ2v) is 5.10. The summed E-state index contributed by atoms with van der Waals surface area (Å²) >= 11 is 1.65. The second kappa shape index (κ2) is 17.7. The molecule has 13 heteroatoms. The van der Waals surface area contributed by atoms with E-state index in [0.29, 0.717) is 24.6 Å². The lowest BCUT2D eigenvalue weighted by Gasteiger charge is -2.01. The highest BCUT2D eigenvalue weighted by molar-refractivity contribution is 7.09. The maximum atomic E-state index is 8.98. The molecule has 0 aliphatic heterocycles. The third-order valence-corrected chi connectivity index (χ3v) is 4.00. The van der Waals surface area contributed by atoms with Crippen molar-refractivity contribution in [2.45, 2.75) is 26.8 Å². The van der Waals surface area contributed by atoms with Gasteiger partial charge in [0.15, 0.2) is 12.2 Å². The van der Waals surface area contributed by atoms with Crippen molar-refractivity contribution in [1.82, 2.24) is 9.97 Å². The Morgan fingerprint density at radius 2 is 1.72 bits per heavy atom. The molecule has 0 aliphatic carbocycles. The number of aliphatic hydroxyl groups is 1. The van der Waals surface area contributed by atoms with Crippen molar-refractivity contribution >= 4 is 29.6 Å². The third kappa shape index (κ3) is 9.79. The summed E-state index contributed by atoms with van der Waals surface area (Å²) in [4.78, 5) is 9.53. The predicted octanol–water partition coefficient (Wildman–Crippen LogP) is -6.09. The molecule has 25 heavy (non-hydrogen) atoms. The normalized spacial score (nSPS) is 7.80. The quantitative estimate of drug-likeness (QED) is 0.453. The molecular weight excluding hydrogens is 399 g/mol. The van der Waals surface area contributed by atoms with Crippen LogP contribution in [0.25, 0.3) is 0 Å². The first-order chi connectivity index (χ1) is 8.61. The molecule has 0 saturated carbocycles. The van der Waals surface area contributed by atoms with Crippen LogP contribution in [-0.2, 0) is 13.0 Å². The molecule has 0 spiro atoms. The topological polar surface area (TPSA) is 233 Å². The molecule has 2 heterocycles. The molecule has 10 nitrogen and oxygen atoms in total. The van der Waals surface area contributed by atoms with Crippen LogP contribution in [0.4, 0.5) is 5.82 Å². The van der Waals surface area contributed by atoms with Crippen LogP contribution < -0.4 is 22.7 Å². The van der Waals surface area contributed by atoms with Gasteiger partial charge >= 0.3 is 0 Å². The summed E-state index contributed by atoms with van der Waals surface area (Å²) in [6, 6.07) is 0. The first kappa shape index (κ1) is 39.1. The fourth-order valence-electron chi connectivity index (χ4n) is 1.77. The zero-order valence-corrected chi connectivity index (χ0v) is 16.2. The van der Waals surface area contributed by atoms with Gasteiger partial charge in [0, 0.05) is 26.1 Å². The van der Waals surface area contributed by atoms with E-state index in [0.717, 1.165) is 11.3 Å². The average Bonchev–Trinajstić information content (AvgIpc) is 2.66. The van der Waals surface area contributed by atoms with Crippen LogP contribution in [0, 0.1) is 13.8 Å². The zero-order valence-electron chi connectivity index (χ0n) is 13.8. The number of thiazole rings is 1. The molecule has 152 valence electrons. The lowest BCUT2D eigenvalue weighted by atomic mass is 10.2. The van der Waals surface area contributed by atoms with Crippen molar-refractivity contribution in [3.63, 3.8) is 0 Å². The first-order valence-electron chi connectivity index (χ1n) is 5.77. The van der Waals surface area contributed by atoms with E-state index in [4.69, 9.17) is 10.8 Å². The molecule has 2 aromatic rings. The van der Waals surface area contributed by atoms with Crippen molar-refractivity contribution in [2.24, 2.45) is 0 Å². The standard InChI is InChI=1S/C12H17N4OS.2ClH.5H2O/c1-8-11(3-4-17)18-7-16(8)6-10-5-14-9(2)15-12(10)13;;;;;;;/h5,7,17H,3-4,6H2,1-2H3,(H2,13,14,15);2*1H;5*1H2/q+1;;;;;;;/p-1. The number of nitrogens with two attached hydrogens (primary N) is 1. The van der Waals surface area contributed by atoms with Crippen LogP contribution in [0.1, 0.15) is 22.0 Å². The summed E-state index contributed by atoms with van der Waals surface area (Å²) in [5.41, 5.74) is 10.0. The summed E-state index contributed by atoms with van der Waals surface area (Å²) in [5, 5.41) is 8.98. The number of nitrogen functional groups attached to an aromatic ring is 1. The van der Waals surface area contributed by atoms with Gasteiger partial charge in [0.1, 0.15) is 11.6 Å². The fraction of sp³-hybridized carbons (Fsp3) is 0.417. The number of halogens is 2. The van der Waals surface area contributed by atoms with Gasteiger partial charge in [0.25, 0.3) is 0 Å². The number of anilines is 1. The van der Waals surface area contributed by atoms with E-state index in [-0.39, 0.29) is 58.8 Å². The highest BCUT2D eigenvalue weighted by atomic mass is 35.5. The number of hydrogen-bond donors (Lipinski definition) is 2. The second-order valence-electron chi connectivity index (χ2n) is 4.16. The number of hydrogen-bond acceptors (Lipinski definition) is 5. The number of aromatic nitrogens is 3. The highest BCUT2D eigenvalue weighted by Gasteiger charge is 2.16. The highest BCUT2D eigenvalue weighted by Crippen LogP contribution is 2.13. The fourth-order valence-corrected chi connectivity index (χ4v) is 2.75. The van der Waals surface area contributed by atoms with E-state index >= 15 is 0 Å². The summed E-state index contributed by atoms with van der Waals surface area (Å²) in [6.45, 7) is 4.71. The van der Waals surface area contributed by atoms with Gasteiger partial charge in [-0.05, 0) is 6.92 Å². The molecule has 0 fully saturated rings. The Morgan fingerprint density at radius 1 is 1.16 bits per heavy atom. The molecule has 0 atom stereocenters. The number of rotatable bonds is 4. The van der Waals surface area contributed by atoms with Crippen LogP contribution in [-0.4, -0.2) is 49.1 Å². The monoisotopic (exact) mass is 426 g/mol. The Balaban J connectivity index is -0.000000129. The lowest BCUT2D eigenvalue weighted by molar-refractivity contribution is -0.689. The molecule has 0 aliphatic rings. The minimum absolute atomic E-state index is 0. The van der Waals surface area contributed by atoms with E-state index < -0.39 is 0 Å². The Bertz CT molecular complexity index is 577. The summed E-state index contributed by atoms with van der Waals surface area (Å²) in [5.74, 6) is 1.22. The molecule has 2 aromatic heterocycles. The van der Waals surface area contributed by atoms with Gasteiger partial charge in [-0.15, -0.1) is 12.4 Å². The van der Waals surface area contributed by atoms with E-state index in [9.17, 15) is 0 Å². The van der Waals surface area contributed by atoms with E-state index in [1.54, 1.807) is 17.5 Å². The van der Waals surface area contributed by atoms with Crippen LogP contribution in [0.15, 0.2) is 11.7 Å². The van der Waals surface area contributed by atoms with Crippen molar-refractivity contribution in [3.05, 3.63) is 33.7 Å². The number of aryl methyl sites for hydroxylation is 1. The SMILES string of the molecule is Cc1ncc(C[n+]2csc(CCO)c2C)c(N)n1.Cl.O.O.O.O.O.[Cl-]. The Hall–Kier alpha value is -1.15. The summed E-state index contributed by atoms with van der Waals surface area (Å²) in [6.07, 6.45) is 2.47. The molecule has 0 saturated heterocycles. The maximum Gasteiger partial charge on any atom is 0.225 e. The van der Waals surface area contributed by atoms with E-state index in [1.807, 2.05) is 19.4 Å². The van der Waals surface area contributed by atoms with Crippen LogP contribution in [0.5, 0.6) is 0 Å². The number of aliphatic hydroxyl groups excluding tert-OH is 1. The van der Waals surface area contributed by atoms with Crippen LogP contribution in [0.2, 0.25) is 0 Å². The molecule has 0 unspecified atom stereocenters. The van der Waals surface area contributed by atoms with Gasteiger partial charge in [-0.25, -0.2) is 9.97 Å². The predicted molar refractivity (Wildman–Crippen MR) is 95.6 cm³/mol. The van der Waals surface area contributed by atoms with E-state index in [2.05, 4.69) is 14.5 Å². The van der Waals surface area contributed by atoms with Crippen LogP contribution in [0.3, 0.4) is 0 Å². The molecule has 13 N–H and O–H groups in total. The minimum Gasteiger partial charge on any atom is -1.00 e. The van der Waals surface area contributed by atoms with Crippen LogP contribution >= 0.6 is 23.7 Å². The molecule has 0 aromatic carbocycles. The average molecular weight is 427 g/mol. The smallest absolute Gasteiger partial charge is 0.225 e. The maximum absolute atomic E-state index is 8.98. The van der Waals surface area contributed by atoms with Crippen molar-refractivity contribution in [3.8, 4) is 0 Å². The van der Waals surface area contributed by atoms with Crippen molar-refractivity contribution in [2.75, 3.05) is 12.3 Å². The van der Waals surface area contributed by atoms with Gasteiger partial charge in [0.2, 0.25) is 5.51 Å². The number of nitrogens with zero attached hydrogens (tertiary/aromatic N) is 3. The molecule has 2 rings (SSSR count). The van der Waals surface area contributed by atoms with Gasteiger partial charge < -0.3 is 50.6 Å². The Labute approximate surface area is 162 Å². The molecule has 0 amide bonds. The van der Waals surface area contributed by atoms with Gasteiger partial charge in [-0.3, -0.25) is 0 Å². The van der Waals surface area contributed by atoms with Crippen molar-refractivity contribution < 1.29 is 49.5 Å². The Morgan fingerprint density at radius 3 is 2.20 bits per heavy atom. The first-order valence-corrected chi connectivity index (χ1v) is 6.65. The van der Waals surface area contributed by atoms with E-state index in [1.165, 1.54) is 4.88 Å². The largest absolute Gasteiger partial charge is 1.00 e. The zero-order chi connectivity index (χ0) is 13.1.